The van der Waals surface area contributed by atoms with Crippen LogP contribution in [0.15, 0.2) is 18.7 Å². The Labute approximate surface area is 100 Å². The highest BCUT2D eigenvalue weighted by Crippen LogP contribution is 1.96. The molecule has 0 N–H and O–H groups in total. The van der Waals surface area contributed by atoms with Gasteiger partial charge in [-0.25, -0.2) is 9.36 Å². The molecule has 0 aromatic carbocycles. The van der Waals surface area contributed by atoms with Gasteiger partial charge in [-0.05, 0) is 6.92 Å². The van der Waals surface area contributed by atoms with E-state index >= 15 is 0 Å². The molecule has 0 aliphatic carbocycles. The Kier molecular flexibility index (Phi) is 4.68. The molecule has 0 atom stereocenters. The Balaban J connectivity index is 2.45. The molecule has 1 amide bonds. The predicted octanol–water partition coefficient (Wildman–Crippen LogP) is 0.166. The Morgan fingerprint density at radius 2 is 2.18 bits per heavy atom. The first-order valence-corrected chi connectivity index (χ1v) is 5.49. The van der Waals surface area contributed by atoms with Gasteiger partial charge >= 0.3 is 12.0 Å². The van der Waals surface area contributed by atoms with E-state index in [2.05, 4.69) is 0 Å². The van der Waals surface area contributed by atoms with Crippen LogP contribution in [-0.2, 0) is 16.6 Å². The number of aromatic nitrogens is 2. The lowest BCUT2D eigenvalue weighted by Crippen LogP contribution is -2.34. The SMILES string of the molecule is CCOC(=O)CCN(C)C(=O)n1cc[n+](C)c1. The summed E-state index contributed by atoms with van der Waals surface area (Å²) in [5, 5.41) is 0. The molecule has 1 rings (SSSR count). The van der Waals surface area contributed by atoms with E-state index in [9.17, 15) is 9.59 Å². The topological polar surface area (TPSA) is 55.4 Å². The third kappa shape index (κ3) is 3.90. The van der Waals surface area contributed by atoms with Gasteiger partial charge in [-0.1, -0.05) is 0 Å². The molecule has 0 saturated heterocycles. The van der Waals surface area contributed by atoms with Crippen LogP contribution in [0.2, 0.25) is 0 Å². The highest BCUT2D eigenvalue weighted by Gasteiger charge is 2.17. The normalized spacial score (nSPS) is 10.1. The molecule has 1 heterocycles. The number of ether oxygens (including phenoxy) is 1. The van der Waals surface area contributed by atoms with Crippen LogP contribution >= 0.6 is 0 Å². The van der Waals surface area contributed by atoms with E-state index in [-0.39, 0.29) is 18.4 Å². The molecule has 0 aliphatic rings. The summed E-state index contributed by atoms with van der Waals surface area (Å²) in [6.45, 7) is 2.47. The summed E-state index contributed by atoms with van der Waals surface area (Å²) < 4.78 is 8.03. The zero-order valence-corrected chi connectivity index (χ0v) is 10.4. The largest absolute Gasteiger partial charge is 0.466 e. The lowest BCUT2D eigenvalue weighted by atomic mass is 10.4. The zero-order valence-electron chi connectivity index (χ0n) is 10.4. The molecule has 0 unspecified atom stereocenters. The number of amides is 1. The van der Waals surface area contributed by atoms with Crippen LogP contribution < -0.4 is 4.57 Å². The van der Waals surface area contributed by atoms with Gasteiger partial charge in [0, 0.05) is 13.6 Å². The van der Waals surface area contributed by atoms with Crippen LogP contribution in [0, 0.1) is 0 Å². The number of esters is 1. The fourth-order valence-corrected chi connectivity index (χ4v) is 1.35. The standard InChI is InChI=1S/C11H18N3O3/c1-4-17-10(15)5-6-13(3)11(16)14-8-7-12(2)9-14/h7-9H,4-6H2,1-3H3/q+1. The van der Waals surface area contributed by atoms with Crippen LogP contribution in [0.4, 0.5) is 4.79 Å². The minimum absolute atomic E-state index is 0.171. The molecule has 1 aromatic rings. The fourth-order valence-electron chi connectivity index (χ4n) is 1.35. The minimum Gasteiger partial charge on any atom is -0.466 e. The lowest BCUT2D eigenvalue weighted by molar-refractivity contribution is -0.670. The molecule has 94 valence electrons. The van der Waals surface area contributed by atoms with Gasteiger partial charge in [0.15, 0.2) is 0 Å². The monoisotopic (exact) mass is 240 g/mol. The first-order valence-electron chi connectivity index (χ1n) is 5.49. The first-order chi connectivity index (χ1) is 8.04. The number of aryl methyl sites for hydroxylation is 1. The van der Waals surface area contributed by atoms with Gasteiger partial charge in [0.2, 0.25) is 0 Å². The van der Waals surface area contributed by atoms with Crippen molar-refractivity contribution in [1.82, 2.24) is 9.47 Å². The molecule has 6 nitrogen and oxygen atoms in total. The van der Waals surface area contributed by atoms with E-state index in [1.54, 1.807) is 37.3 Å². The summed E-state index contributed by atoms with van der Waals surface area (Å²) in [4.78, 5) is 24.5. The first kappa shape index (κ1) is 13.2. The van der Waals surface area contributed by atoms with Crippen molar-refractivity contribution in [2.24, 2.45) is 7.05 Å². The smallest absolute Gasteiger partial charge is 0.415 e. The molecule has 6 heteroatoms. The molecular formula is C11H18N3O3+. The van der Waals surface area contributed by atoms with Crippen molar-refractivity contribution in [3.05, 3.63) is 18.7 Å². The van der Waals surface area contributed by atoms with Crippen molar-refractivity contribution in [3.8, 4) is 0 Å². The van der Waals surface area contributed by atoms with Crippen molar-refractivity contribution >= 4 is 12.0 Å². The van der Waals surface area contributed by atoms with Gasteiger partial charge in [0.05, 0.1) is 20.1 Å². The summed E-state index contributed by atoms with van der Waals surface area (Å²) >= 11 is 0. The van der Waals surface area contributed by atoms with Gasteiger partial charge in [0.25, 0.3) is 6.33 Å². The van der Waals surface area contributed by atoms with E-state index in [0.29, 0.717) is 13.2 Å². The third-order valence-corrected chi connectivity index (χ3v) is 2.27. The third-order valence-electron chi connectivity index (χ3n) is 2.27. The molecule has 0 saturated carbocycles. The number of hydrogen-bond acceptors (Lipinski definition) is 3. The Hall–Kier alpha value is -1.85. The van der Waals surface area contributed by atoms with Gasteiger partial charge in [0.1, 0.15) is 12.4 Å². The highest BCUT2D eigenvalue weighted by atomic mass is 16.5. The second-order valence-electron chi connectivity index (χ2n) is 3.75. The van der Waals surface area contributed by atoms with E-state index in [0.717, 1.165) is 0 Å². The van der Waals surface area contributed by atoms with Crippen LogP contribution in [0.1, 0.15) is 13.3 Å². The van der Waals surface area contributed by atoms with Crippen molar-refractivity contribution in [2.75, 3.05) is 20.2 Å². The average Bonchev–Trinajstić information content (AvgIpc) is 2.72. The van der Waals surface area contributed by atoms with Crippen LogP contribution in [0.5, 0.6) is 0 Å². The second kappa shape index (κ2) is 6.03. The number of nitrogens with zero attached hydrogens (tertiary/aromatic N) is 3. The van der Waals surface area contributed by atoms with E-state index < -0.39 is 0 Å². The zero-order chi connectivity index (χ0) is 12.8. The van der Waals surface area contributed by atoms with Crippen LogP contribution in [0.3, 0.4) is 0 Å². The second-order valence-corrected chi connectivity index (χ2v) is 3.75. The van der Waals surface area contributed by atoms with E-state index in [1.807, 2.05) is 7.05 Å². The molecule has 17 heavy (non-hydrogen) atoms. The van der Waals surface area contributed by atoms with Gasteiger partial charge in [-0.15, -0.1) is 0 Å². The number of carbonyl (C=O) groups excluding carboxylic acids is 2. The Morgan fingerprint density at radius 3 is 2.71 bits per heavy atom. The van der Waals surface area contributed by atoms with Crippen molar-refractivity contribution in [3.63, 3.8) is 0 Å². The summed E-state index contributed by atoms with van der Waals surface area (Å²) in [5.41, 5.74) is 0. The Bertz CT molecular complexity index is 400. The van der Waals surface area contributed by atoms with Crippen LogP contribution in [-0.4, -0.2) is 41.7 Å². The fraction of sp³-hybridized carbons (Fsp3) is 0.545. The maximum absolute atomic E-state index is 11.9. The molecule has 0 bridgehead atoms. The van der Waals surface area contributed by atoms with E-state index in [1.165, 1.54) is 9.47 Å². The minimum atomic E-state index is -0.287. The Morgan fingerprint density at radius 1 is 1.47 bits per heavy atom. The van der Waals surface area contributed by atoms with E-state index in [4.69, 9.17) is 4.74 Å². The molecule has 0 fully saturated rings. The number of imidazole rings is 1. The summed E-state index contributed by atoms with van der Waals surface area (Å²) in [6, 6.07) is -0.171. The molecule has 0 radical (unpaired) electrons. The highest BCUT2D eigenvalue weighted by molar-refractivity contribution is 5.77. The van der Waals surface area contributed by atoms with Crippen LogP contribution in [0.25, 0.3) is 0 Å². The van der Waals surface area contributed by atoms with Crippen molar-refractivity contribution in [1.29, 1.82) is 0 Å². The number of carbonyl (C=O) groups is 2. The number of hydrogen-bond donors (Lipinski definition) is 0. The molecular weight excluding hydrogens is 222 g/mol. The summed E-state index contributed by atoms with van der Waals surface area (Å²) in [5.74, 6) is -0.287. The lowest BCUT2D eigenvalue weighted by Gasteiger charge is -2.12. The van der Waals surface area contributed by atoms with Crippen molar-refractivity contribution in [2.45, 2.75) is 13.3 Å². The van der Waals surface area contributed by atoms with Crippen molar-refractivity contribution < 1.29 is 18.9 Å². The predicted molar refractivity (Wildman–Crippen MR) is 60.3 cm³/mol. The summed E-state index contributed by atoms with van der Waals surface area (Å²) in [7, 11) is 3.49. The summed E-state index contributed by atoms with van der Waals surface area (Å²) in [6.07, 6.45) is 5.33. The number of rotatable bonds is 4. The molecule has 1 aromatic heterocycles. The quantitative estimate of drug-likeness (QED) is 0.556. The molecule has 0 aliphatic heterocycles. The van der Waals surface area contributed by atoms with Gasteiger partial charge in [-0.3, -0.25) is 4.79 Å². The molecule has 0 spiro atoms. The maximum Gasteiger partial charge on any atom is 0.415 e. The van der Waals surface area contributed by atoms with Gasteiger partial charge in [-0.2, -0.15) is 4.57 Å². The maximum atomic E-state index is 11.9. The van der Waals surface area contributed by atoms with Gasteiger partial charge < -0.3 is 9.64 Å². The average molecular weight is 240 g/mol.